The molecular weight excluding hydrogens is 311 g/mol. The van der Waals surface area contributed by atoms with E-state index in [1.165, 1.54) is 12.1 Å². The lowest BCUT2D eigenvalue weighted by atomic mass is 9.98. The molecule has 0 spiro atoms. The lowest BCUT2D eigenvalue weighted by molar-refractivity contribution is 0.402. The Kier molecular flexibility index (Phi) is 4.52. The number of halogens is 2. The second-order valence-electron chi connectivity index (χ2n) is 4.04. The van der Waals surface area contributed by atoms with Crippen LogP contribution in [0.3, 0.4) is 0 Å². The number of hydrogen-bond donors (Lipinski definition) is 2. The van der Waals surface area contributed by atoms with Gasteiger partial charge in [0.1, 0.15) is 11.6 Å². The van der Waals surface area contributed by atoms with Crippen molar-refractivity contribution in [3.63, 3.8) is 0 Å². The molecule has 0 heterocycles. The van der Waals surface area contributed by atoms with E-state index in [1.54, 1.807) is 13.2 Å². The largest absolute Gasteiger partial charge is 0.496 e. The molecule has 0 fully saturated rings. The molecule has 0 saturated heterocycles. The molecule has 0 aromatic heterocycles. The molecule has 1 atom stereocenters. The molecule has 0 saturated carbocycles. The third-order valence-electron chi connectivity index (χ3n) is 2.85. The number of rotatable bonds is 4. The van der Waals surface area contributed by atoms with E-state index in [2.05, 4.69) is 21.4 Å². The molecule has 1 unspecified atom stereocenters. The minimum atomic E-state index is -0.344. The highest BCUT2D eigenvalue weighted by molar-refractivity contribution is 9.10. The zero-order valence-electron chi connectivity index (χ0n) is 10.4. The Morgan fingerprint density at radius 2 is 2.05 bits per heavy atom. The number of ether oxygens (including phenoxy) is 1. The summed E-state index contributed by atoms with van der Waals surface area (Å²) in [7, 11) is 1.55. The van der Waals surface area contributed by atoms with Gasteiger partial charge in [-0.1, -0.05) is 28.1 Å². The molecule has 3 nitrogen and oxygen atoms in total. The van der Waals surface area contributed by atoms with Crippen LogP contribution in [0, 0.1) is 5.82 Å². The fourth-order valence-corrected chi connectivity index (χ4v) is 2.40. The van der Waals surface area contributed by atoms with Crippen LogP contribution in [0.25, 0.3) is 0 Å². The Labute approximate surface area is 119 Å². The number of benzene rings is 2. The van der Waals surface area contributed by atoms with Crippen LogP contribution in [0.1, 0.15) is 17.2 Å². The standard InChI is InChI=1S/C14H14BrFN2O/c1-19-13-6-5-11(16)8-12(13)14(18-17)9-3-2-4-10(15)7-9/h2-8,14,18H,17H2,1H3. The number of methoxy groups -OCH3 is 1. The zero-order chi connectivity index (χ0) is 13.8. The van der Waals surface area contributed by atoms with Crippen molar-refractivity contribution >= 4 is 15.9 Å². The summed E-state index contributed by atoms with van der Waals surface area (Å²) in [5.74, 6) is 5.88. The summed E-state index contributed by atoms with van der Waals surface area (Å²) in [6, 6.07) is 11.7. The molecule has 0 amide bonds. The van der Waals surface area contributed by atoms with Crippen molar-refractivity contribution in [2.75, 3.05) is 7.11 Å². The maximum Gasteiger partial charge on any atom is 0.124 e. The summed E-state index contributed by atoms with van der Waals surface area (Å²) in [6.07, 6.45) is 0. The number of hydrogen-bond acceptors (Lipinski definition) is 3. The van der Waals surface area contributed by atoms with Gasteiger partial charge in [0.25, 0.3) is 0 Å². The molecule has 2 aromatic rings. The first-order valence-corrected chi connectivity index (χ1v) is 6.50. The first-order chi connectivity index (χ1) is 9.15. The van der Waals surface area contributed by atoms with E-state index in [9.17, 15) is 4.39 Å². The summed E-state index contributed by atoms with van der Waals surface area (Å²) in [6.45, 7) is 0. The molecule has 19 heavy (non-hydrogen) atoms. The lowest BCUT2D eigenvalue weighted by Crippen LogP contribution is -2.29. The van der Waals surface area contributed by atoms with Gasteiger partial charge in [0.2, 0.25) is 0 Å². The monoisotopic (exact) mass is 324 g/mol. The van der Waals surface area contributed by atoms with Crippen molar-refractivity contribution < 1.29 is 9.13 Å². The normalized spacial score (nSPS) is 12.2. The van der Waals surface area contributed by atoms with Gasteiger partial charge in [-0.25, -0.2) is 9.82 Å². The van der Waals surface area contributed by atoms with Crippen LogP contribution in [-0.2, 0) is 0 Å². The molecule has 0 bridgehead atoms. The van der Waals surface area contributed by atoms with Crippen molar-refractivity contribution in [2.45, 2.75) is 6.04 Å². The number of hydrazine groups is 1. The van der Waals surface area contributed by atoms with Crippen LogP contribution >= 0.6 is 15.9 Å². The maximum atomic E-state index is 13.4. The topological polar surface area (TPSA) is 47.3 Å². The number of nitrogens with one attached hydrogen (secondary N) is 1. The van der Waals surface area contributed by atoms with E-state index in [0.717, 1.165) is 10.0 Å². The van der Waals surface area contributed by atoms with Crippen LogP contribution in [0.4, 0.5) is 4.39 Å². The van der Waals surface area contributed by atoms with Gasteiger partial charge in [0.15, 0.2) is 0 Å². The van der Waals surface area contributed by atoms with Crippen molar-refractivity contribution in [2.24, 2.45) is 5.84 Å². The quantitative estimate of drug-likeness (QED) is 0.671. The Morgan fingerprint density at radius 3 is 2.68 bits per heavy atom. The minimum Gasteiger partial charge on any atom is -0.496 e. The average molecular weight is 325 g/mol. The first kappa shape index (κ1) is 14.0. The maximum absolute atomic E-state index is 13.4. The van der Waals surface area contributed by atoms with Gasteiger partial charge in [0, 0.05) is 10.0 Å². The molecule has 3 N–H and O–H groups in total. The SMILES string of the molecule is COc1ccc(F)cc1C(NN)c1cccc(Br)c1. The van der Waals surface area contributed by atoms with Crippen LogP contribution in [0.15, 0.2) is 46.9 Å². The Bertz CT molecular complexity index is 577. The van der Waals surface area contributed by atoms with Crippen molar-refractivity contribution in [1.82, 2.24) is 5.43 Å². The van der Waals surface area contributed by atoms with Gasteiger partial charge in [-0.15, -0.1) is 0 Å². The summed E-state index contributed by atoms with van der Waals surface area (Å²) in [4.78, 5) is 0. The second kappa shape index (κ2) is 6.14. The highest BCUT2D eigenvalue weighted by Crippen LogP contribution is 2.31. The molecule has 0 radical (unpaired) electrons. The molecule has 2 aromatic carbocycles. The van der Waals surface area contributed by atoms with E-state index in [1.807, 2.05) is 24.3 Å². The Morgan fingerprint density at radius 1 is 1.26 bits per heavy atom. The third kappa shape index (κ3) is 3.12. The molecule has 100 valence electrons. The fraction of sp³-hybridized carbons (Fsp3) is 0.143. The van der Waals surface area contributed by atoms with Crippen molar-refractivity contribution in [3.05, 3.63) is 63.9 Å². The van der Waals surface area contributed by atoms with Gasteiger partial charge < -0.3 is 4.74 Å². The predicted octanol–water partition coefficient (Wildman–Crippen LogP) is 3.15. The van der Waals surface area contributed by atoms with Crippen molar-refractivity contribution in [3.8, 4) is 5.75 Å². The van der Waals surface area contributed by atoms with Crippen LogP contribution in [-0.4, -0.2) is 7.11 Å². The zero-order valence-corrected chi connectivity index (χ0v) is 11.9. The van der Waals surface area contributed by atoms with E-state index >= 15 is 0 Å². The molecule has 0 aliphatic rings. The summed E-state index contributed by atoms with van der Waals surface area (Å²) in [5.41, 5.74) is 4.27. The van der Waals surface area contributed by atoms with Crippen LogP contribution in [0.2, 0.25) is 0 Å². The Hall–Kier alpha value is -1.43. The highest BCUT2D eigenvalue weighted by atomic mass is 79.9. The first-order valence-electron chi connectivity index (χ1n) is 5.70. The van der Waals surface area contributed by atoms with E-state index in [4.69, 9.17) is 10.6 Å². The second-order valence-corrected chi connectivity index (χ2v) is 4.96. The predicted molar refractivity (Wildman–Crippen MR) is 76.3 cm³/mol. The Balaban J connectivity index is 2.50. The molecular formula is C14H14BrFN2O. The fourth-order valence-electron chi connectivity index (χ4n) is 1.98. The van der Waals surface area contributed by atoms with E-state index in [0.29, 0.717) is 11.3 Å². The molecule has 2 rings (SSSR count). The van der Waals surface area contributed by atoms with Gasteiger partial charge in [0.05, 0.1) is 13.2 Å². The number of nitrogens with two attached hydrogens (primary N) is 1. The smallest absolute Gasteiger partial charge is 0.124 e. The summed E-state index contributed by atoms with van der Waals surface area (Å²) < 4.78 is 19.6. The molecule has 5 heteroatoms. The van der Waals surface area contributed by atoms with Gasteiger partial charge >= 0.3 is 0 Å². The lowest BCUT2D eigenvalue weighted by Gasteiger charge is -2.19. The minimum absolute atomic E-state index is 0.328. The summed E-state index contributed by atoms with van der Waals surface area (Å²) in [5, 5.41) is 0. The molecule has 0 aliphatic carbocycles. The van der Waals surface area contributed by atoms with Gasteiger partial charge in [-0.05, 0) is 35.9 Å². The molecule has 0 aliphatic heterocycles. The van der Waals surface area contributed by atoms with E-state index < -0.39 is 0 Å². The van der Waals surface area contributed by atoms with Gasteiger partial charge in [-0.3, -0.25) is 5.84 Å². The average Bonchev–Trinajstić information content (AvgIpc) is 2.40. The van der Waals surface area contributed by atoms with E-state index in [-0.39, 0.29) is 11.9 Å². The van der Waals surface area contributed by atoms with Crippen LogP contribution in [0.5, 0.6) is 5.75 Å². The van der Waals surface area contributed by atoms with Crippen LogP contribution < -0.4 is 16.0 Å². The third-order valence-corrected chi connectivity index (χ3v) is 3.34. The summed E-state index contributed by atoms with van der Waals surface area (Å²) >= 11 is 3.41. The highest BCUT2D eigenvalue weighted by Gasteiger charge is 2.18. The van der Waals surface area contributed by atoms with Gasteiger partial charge in [-0.2, -0.15) is 0 Å². The van der Waals surface area contributed by atoms with Crippen molar-refractivity contribution in [1.29, 1.82) is 0 Å².